The molecule has 0 bridgehead atoms. The fourth-order valence-electron chi connectivity index (χ4n) is 1.57. The summed E-state index contributed by atoms with van der Waals surface area (Å²) >= 11 is 3.30. The van der Waals surface area contributed by atoms with Crippen LogP contribution in [0, 0.1) is 0 Å². The van der Waals surface area contributed by atoms with Crippen LogP contribution in [0.1, 0.15) is 0 Å². The van der Waals surface area contributed by atoms with E-state index in [1.54, 1.807) is 12.1 Å². The number of fused-ring (bicyclic) bond motifs is 1. The monoisotopic (exact) mass is 292 g/mol. The third-order valence-corrected chi connectivity index (χ3v) is 2.82. The van der Waals surface area contributed by atoms with Crippen LogP contribution in [0.15, 0.2) is 44.2 Å². The fraction of sp³-hybridized carbons (Fsp3) is 0. The number of rotatable bonds is 1. The third kappa shape index (κ3) is 2.17. The lowest BCUT2D eigenvalue weighted by atomic mass is 10.2. The molecule has 0 unspecified atom stereocenters. The molecular weight excluding hydrogens is 284 g/mol. The summed E-state index contributed by atoms with van der Waals surface area (Å²) in [5, 5.41) is 10.6. The van der Waals surface area contributed by atoms with E-state index in [-0.39, 0.29) is 11.0 Å². The van der Waals surface area contributed by atoms with Gasteiger partial charge in [0.15, 0.2) is 0 Å². The smallest absolute Gasteiger partial charge is 0.344 e. The lowest BCUT2D eigenvalue weighted by Crippen LogP contribution is -2.38. The van der Waals surface area contributed by atoms with Crippen molar-refractivity contribution in [1.82, 2.24) is 0 Å². The quantitative estimate of drug-likeness (QED) is 0.644. The van der Waals surface area contributed by atoms with Gasteiger partial charge in [0.05, 0.1) is 5.22 Å². The molecule has 3 nitrogen and oxygen atoms in total. The van der Waals surface area contributed by atoms with Crippen LogP contribution in [0.3, 0.4) is 0 Å². The minimum atomic E-state index is -0.546. The molecule has 0 saturated carbocycles. The first-order valence-electron chi connectivity index (χ1n) is 4.80. The van der Waals surface area contributed by atoms with Crippen molar-refractivity contribution in [2.24, 2.45) is 0 Å². The van der Waals surface area contributed by atoms with E-state index in [1.807, 2.05) is 6.07 Å². The minimum absolute atomic E-state index is 0.210. The zero-order valence-corrected chi connectivity index (χ0v) is 10.5. The molecule has 0 aliphatic heterocycles. The molecule has 0 radical (unpaired) electrons. The molecule has 1 N–H and O–H groups in total. The Hall–Kier alpha value is -1.81. The highest BCUT2D eigenvalue weighted by Crippen LogP contribution is 2.15. The number of allylic oxidation sites excluding steroid dienone is 1. The topological polar surface area (TPSA) is 50.4 Å². The molecule has 17 heavy (non-hydrogen) atoms. The maximum atomic E-state index is 11.7. The van der Waals surface area contributed by atoms with Crippen LogP contribution in [-0.2, 0) is 0 Å². The number of benzene rings is 1. The summed E-state index contributed by atoms with van der Waals surface area (Å²) in [7, 11) is 0. The number of hydrogen-bond acceptors (Lipinski definition) is 3. The van der Waals surface area contributed by atoms with E-state index in [0.29, 0.717) is 10.8 Å². The van der Waals surface area contributed by atoms with Crippen molar-refractivity contribution in [2.75, 3.05) is 0 Å². The molecule has 2 rings (SSSR count). The second kappa shape index (κ2) is 4.22. The molecule has 1 heterocycles. The SMILES string of the molecule is C=C(O)/C=c1/c(=O)oc2cc(Br)ccc2c1=C. The number of aliphatic hydroxyl groups excluding tert-OH is 1. The minimum Gasteiger partial charge on any atom is -0.509 e. The highest BCUT2D eigenvalue weighted by atomic mass is 79.9. The van der Waals surface area contributed by atoms with Gasteiger partial charge in [-0.2, -0.15) is 0 Å². The van der Waals surface area contributed by atoms with Crippen molar-refractivity contribution in [2.45, 2.75) is 0 Å². The van der Waals surface area contributed by atoms with Gasteiger partial charge in [0.25, 0.3) is 0 Å². The molecule has 0 spiro atoms. The standard InChI is InChI=1S/C13H9BrO3/c1-7(15)5-11-8(2)10-4-3-9(14)6-12(10)17-13(11)16/h3-6,15H,1-2H2/b11-5+. The molecular formula is C13H9BrO3. The van der Waals surface area contributed by atoms with Crippen LogP contribution in [0.25, 0.3) is 23.6 Å². The molecule has 0 atom stereocenters. The van der Waals surface area contributed by atoms with Crippen LogP contribution in [0.2, 0.25) is 0 Å². The lowest BCUT2D eigenvalue weighted by molar-refractivity contribution is 0.443. The third-order valence-electron chi connectivity index (χ3n) is 2.33. The molecule has 1 aromatic carbocycles. The maximum absolute atomic E-state index is 11.7. The molecule has 0 saturated heterocycles. The Labute approximate surface area is 105 Å². The van der Waals surface area contributed by atoms with Gasteiger partial charge in [0.1, 0.15) is 11.3 Å². The molecule has 0 fully saturated rings. The van der Waals surface area contributed by atoms with Gasteiger partial charge in [-0.1, -0.05) is 29.1 Å². The van der Waals surface area contributed by atoms with Crippen LogP contribution in [0.5, 0.6) is 0 Å². The summed E-state index contributed by atoms with van der Waals surface area (Å²) in [6, 6.07) is 5.32. The van der Waals surface area contributed by atoms with Gasteiger partial charge in [-0.15, -0.1) is 0 Å². The van der Waals surface area contributed by atoms with Gasteiger partial charge >= 0.3 is 5.63 Å². The first kappa shape index (κ1) is 11.7. The van der Waals surface area contributed by atoms with Crippen molar-refractivity contribution >= 4 is 39.6 Å². The Bertz CT molecular complexity index is 772. The van der Waals surface area contributed by atoms with Crippen LogP contribution >= 0.6 is 15.9 Å². The molecule has 1 aromatic heterocycles. The van der Waals surface area contributed by atoms with Crippen LogP contribution in [-0.4, -0.2) is 5.11 Å². The highest BCUT2D eigenvalue weighted by molar-refractivity contribution is 9.10. The van der Waals surface area contributed by atoms with Crippen molar-refractivity contribution in [1.29, 1.82) is 0 Å². The lowest BCUT2D eigenvalue weighted by Gasteiger charge is -1.98. The normalized spacial score (nSPS) is 11.9. The van der Waals surface area contributed by atoms with Crippen molar-refractivity contribution < 1.29 is 9.52 Å². The van der Waals surface area contributed by atoms with E-state index in [1.165, 1.54) is 6.08 Å². The molecule has 86 valence electrons. The molecule has 0 amide bonds. The largest absolute Gasteiger partial charge is 0.509 e. The predicted octanol–water partition coefficient (Wildman–Crippen LogP) is 1.82. The van der Waals surface area contributed by atoms with E-state index < -0.39 is 5.63 Å². The van der Waals surface area contributed by atoms with Crippen LogP contribution in [0.4, 0.5) is 0 Å². The molecule has 0 aliphatic rings. The highest BCUT2D eigenvalue weighted by Gasteiger charge is 2.03. The average Bonchev–Trinajstić information content (AvgIpc) is 2.23. The van der Waals surface area contributed by atoms with Gasteiger partial charge in [-0.05, 0) is 29.5 Å². The van der Waals surface area contributed by atoms with Crippen LogP contribution < -0.4 is 16.1 Å². The summed E-state index contributed by atoms with van der Waals surface area (Å²) in [6.07, 6.45) is 1.25. The van der Waals surface area contributed by atoms with Crippen molar-refractivity contribution in [3.05, 3.63) is 55.9 Å². The van der Waals surface area contributed by atoms with E-state index in [0.717, 1.165) is 9.86 Å². The van der Waals surface area contributed by atoms with Crippen molar-refractivity contribution in [3.63, 3.8) is 0 Å². The summed E-state index contributed by atoms with van der Waals surface area (Å²) in [5.41, 5.74) is -0.0918. The molecule has 4 heteroatoms. The molecule has 0 aliphatic carbocycles. The zero-order chi connectivity index (χ0) is 12.6. The van der Waals surface area contributed by atoms with Gasteiger partial charge < -0.3 is 9.52 Å². The zero-order valence-electron chi connectivity index (χ0n) is 8.87. The second-order valence-electron chi connectivity index (χ2n) is 3.56. The maximum Gasteiger partial charge on any atom is 0.344 e. The van der Waals surface area contributed by atoms with Gasteiger partial charge in [0, 0.05) is 9.86 Å². The second-order valence-corrected chi connectivity index (χ2v) is 4.47. The number of halogens is 1. The first-order chi connectivity index (χ1) is 7.99. The van der Waals surface area contributed by atoms with Gasteiger partial charge in [0.2, 0.25) is 0 Å². The van der Waals surface area contributed by atoms with E-state index in [4.69, 9.17) is 9.52 Å². The Morgan fingerprint density at radius 2 is 2.18 bits per heavy atom. The summed E-state index contributed by atoms with van der Waals surface area (Å²) in [5.74, 6) is -0.210. The van der Waals surface area contributed by atoms with Gasteiger partial charge in [-0.3, -0.25) is 0 Å². The van der Waals surface area contributed by atoms with E-state index >= 15 is 0 Å². The average molecular weight is 293 g/mol. The van der Waals surface area contributed by atoms with E-state index in [9.17, 15) is 4.79 Å². The number of aliphatic hydroxyl groups is 1. The summed E-state index contributed by atoms with van der Waals surface area (Å²) < 4.78 is 5.96. The van der Waals surface area contributed by atoms with E-state index in [2.05, 4.69) is 29.1 Å². The van der Waals surface area contributed by atoms with Gasteiger partial charge in [-0.25, -0.2) is 4.79 Å². The first-order valence-corrected chi connectivity index (χ1v) is 5.59. The van der Waals surface area contributed by atoms with Crippen molar-refractivity contribution in [3.8, 4) is 0 Å². The predicted molar refractivity (Wildman–Crippen MR) is 71.2 cm³/mol. The Morgan fingerprint density at radius 3 is 2.82 bits per heavy atom. The Morgan fingerprint density at radius 1 is 1.47 bits per heavy atom. The number of hydrogen-bond donors (Lipinski definition) is 1. The Kier molecular flexibility index (Phi) is 2.90. The Balaban J connectivity index is 3.02. The fourth-order valence-corrected chi connectivity index (χ4v) is 1.91. The summed E-state index contributed by atoms with van der Waals surface area (Å²) in [4.78, 5) is 11.7. The summed E-state index contributed by atoms with van der Waals surface area (Å²) in [6.45, 7) is 7.14. The molecule has 2 aromatic rings.